The molecule has 0 bridgehead atoms. The highest BCUT2D eigenvalue weighted by Gasteiger charge is 2.27. The van der Waals surface area contributed by atoms with Crippen molar-refractivity contribution in [1.29, 1.82) is 0 Å². The second-order valence-electron chi connectivity index (χ2n) is 4.33. The smallest absolute Gasteiger partial charge is 0.188 e. The Hall–Kier alpha value is -1.62. The SMILES string of the molecule is CCN(Cc1ccnc(C(N)=NO)c1)C1CC1. The molecule has 0 aliphatic heterocycles. The second kappa shape index (κ2) is 5.14. The number of pyridine rings is 1. The van der Waals surface area contributed by atoms with E-state index in [1.165, 1.54) is 12.8 Å². The van der Waals surface area contributed by atoms with Crippen LogP contribution in [0.1, 0.15) is 31.0 Å². The third-order valence-corrected chi connectivity index (χ3v) is 3.05. The van der Waals surface area contributed by atoms with Gasteiger partial charge in [0.2, 0.25) is 0 Å². The third kappa shape index (κ3) is 2.94. The van der Waals surface area contributed by atoms with E-state index in [0.29, 0.717) is 5.69 Å². The lowest BCUT2D eigenvalue weighted by atomic mass is 10.2. The molecule has 1 fully saturated rings. The zero-order valence-corrected chi connectivity index (χ0v) is 10.0. The maximum Gasteiger partial charge on any atom is 0.188 e. The predicted octanol–water partition coefficient (Wildman–Crippen LogP) is 1.16. The average Bonchev–Trinajstić information content (AvgIpc) is 3.19. The lowest BCUT2D eigenvalue weighted by Gasteiger charge is -2.19. The van der Waals surface area contributed by atoms with Gasteiger partial charge in [-0.05, 0) is 37.1 Å². The summed E-state index contributed by atoms with van der Waals surface area (Å²) in [6, 6.07) is 4.58. The zero-order chi connectivity index (χ0) is 12.3. The van der Waals surface area contributed by atoms with Gasteiger partial charge in [-0.2, -0.15) is 0 Å². The van der Waals surface area contributed by atoms with E-state index in [1.807, 2.05) is 12.1 Å². The molecular weight excluding hydrogens is 216 g/mol. The fourth-order valence-electron chi connectivity index (χ4n) is 1.94. The summed E-state index contributed by atoms with van der Waals surface area (Å²) < 4.78 is 0. The topological polar surface area (TPSA) is 74.7 Å². The van der Waals surface area contributed by atoms with Gasteiger partial charge in [0.1, 0.15) is 5.69 Å². The summed E-state index contributed by atoms with van der Waals surface area (Å²) in [6.45, 7) is 4.12. The quantitative estimate of drug-likeness (QED) is 0.347. The van der Waals surface area contributed by atoms with Crippen LogP contribution in [-0.2, 0) is 6.54 Å². The highest BCUT2D eigenvalue weighted by atomic mass is 16.4. The number of nitrogens with two attached hydrogens (primary N) is 1. The van der Waals surface area contributed by atoms with E-state index in [4.69, 9.17) is 10.9 Å². The molecule has 1 aromatic rings. The normalized spacial score (nSPS) is 16.5. The molecule has 5 nitrogen and oxygen atoms in total. The van der Waals surface area contributed by atoms with Crippen LogP contribution in [-0.4, -0.2) is 33.5 Å². The Labute approximate surface area is 101 Å². The fraction of sp³-hybridized carbons (Fsp3) is 0.500. The van der Waals surface area contributed by atoms with E-state index in [-0.39, 0.29) is 5.84 Å². The second-order valence-corrected chi connectivity index (χ2v) is 4.33. The van der Waals surface area contributed by atoms with Crippen molar-refractivity contribution < 1.29 is 5.21 Å². The molecular formula is C12H18N4O. The van der Waals surface area contributed by atoms with Crippen LogP contribution < -0.4 is 5.73 Å². The summed E-state index contributed by atoms with van der Waals surface area (Å²) in [5.74, 6) is 0.0568. The molecule has 1 aromatic heterocycles. The number of aromatic nitrogens is 1. The van der Waals surface area contributed by atoms with E-state index in [2.05, 4.69) is 22.0 Å². The summed E-state index contributed by atoms with van der Waals surface area (Å²) in [6.07, 6.45) is 4.29. The van der Waals surface area contributed by atoms with Crippen LogP contribution in [0.25, 0.3) is 0 Å². The van der Waals surface area contributed by atoms with Gasteiger partial charge in [0.25, 0.3) is 0 Å². The Balaban J connectivity index is 2.10. The number of hydrogen-bond acceptors (Lipinski definition) is 4. The van der Waals surface area contributed by atoms with Gasteiger partial charge in [-0.15, -0.1) is 0 Å². The Morgan fingerprint density at radius 2 is 2.41 bits per heavy atom. The van der Waals surface area contributed by atoms with Gasteiger partial charge in [0.15, 0.2) is 5.84 Å². The lowest BCUT2D eigenvalue weighted by Crippen LogP contribution is -2.25. The van der Waals surface area contributed by atoms with Gasteiger partial charge in [0.05, 0.1) is 0 Å². The number of amidine groups is 1. The van der Waals surface area contributed by atoms with Crippen LogP contribution in [0.3, 0.4) is 0 Å². The highest BCUT2D eigenvalue weighted by Crippen LogP contribution is 2.27. The van der Waals surface area contributed by atoms with E-state index in [9.17, 15) is 0 Å². The van der Waals surface area contributed by atoms with Gasteiger partial charge >= 0.3 is 0 Å². The first kappa shape index (κ1) is 11.9. The number of hydrogen-bond donors (Lipinski definition) is 2. The third-order valence-electron chi connectivity index (χ3n) is 3.05. The Morgan fingerprint density at radius 3 is 3.00 bits per heavy atom. The summed E-state index contributed by atoms with van der Waals surface area (Å²) in [5, 5.41) is 11.6. The molecule has 0 amide bonds. The number of nitrogens with zero attached hydrogens (tertiary/aromatic N) is 3. The molecule has 0 atom stereocenters. The van der Waals surface area contributed by atoms with Crippen molar-refractivity contribution in [3.05, 3.63) is 29.6 Å². The van der Waals surface area contributed by atoms with Gasteiger partial charge in [-0.25, -0.2) is 0 Å². The van der Waals surface area contributed by atoms with E-state index in [0.717, 1.165) is 24.7 Å². The molecule has 0 aromatic carbocycles. The molecule has 1 aliphatic carbocycles. The van der Waals surface area contributed by atoms with E-state index >= 15 is 0 Å². The average molecular weight is 234 g/mol. The first-order chi connectivity index (χ1) is 8.24. The lowest BCUT2D eigenvalue weighted by molar-refractivity contribution is 0.269. The van der Waals surface area contributed by atoms with Crippen LogP contribution in [0.5, 0.6) is 0 Å². The Bertz CT molecular complexity index is 415. The first-order valence-electron chi connectivity index (χ1n) is 5.91. The summed E-state index contributed by atoms with van der Waals surface area (Å²) in [5.41, 5.74) is 7.20. The van der Waals surface area contributed by atoms with Crippen LogP contribution in [0.2, 0.25) is 0 Å². The van der Waals surface area contributed by atoms with Gasteiger partial charge < -0.3 is 10.9 Å². The summed E-state index contributed by atoms with van der Waals surface area (Å²) in [4.78, 5) is 6.51. The minimum atomic E-state index is 0.0568. The molecule has 1 saturated carbocycles. The van der Waals surface area contributed by atoms with Crippen LogP contribution in [0, 0.1) is 0 Å². The fourth-order valence-corrected chi connectivity index (χ4v) is 1.94. The molecule has 0 saturated heterocycles. The first-order valence-corrected chi connectivity index (χ1v) is 5.91. The minimum Gasteiger partial charge on any atom is -0.409 e. The van der Waals surface area contributed by atoms with Gasteiger partial charge in [0, 0.05) is 18.8 Å². The van der Waals surface area contributed by atoms with E-state index in [1.54, 1.807) is 6.20 Å². The van der Waals surface area contributed by atoms with Crippen molar-refractivity contribution in [3.63, 3.8) is 0 Å². The Kier molecular flexibility index (Phi) is 3.58. The molecule has 0 radical (unpaired) electrons. The molecule has 1 heterocycles. The standard InChI is InChI=1S/C12H18N4O/c1-2-16(10-3-4-10)8-9-5-6-14-11(7-9)12(13)15-17/h5-7,10,17H,2-4,8H2,1H3,(H2,13,15). The van der Waals surface area contributed by atoms with Crippen molar-refractivity contribution in [2.75, 3.05) is 6.54 Å². The van der Waals surface area contributed by atoms with Crippen molar-refractivity contribution >= 4 is 5.84 Å². The monoisotopic (exact) mass is 234 g/mol. The molecule has 0 spiro atoms. The number of rotatable bonds is 5. The van der Waals surface area contributed by atoms with Crippen molar-refractivity contribution in [2.45, 2.75) is 32.4 Å². The molecule has 1 aliphatic rings. The molecule has 5 heteroatoms. The molecule has 0 unspecified atom stereocenters. The van der Waals surface area contributed by atoms with Crippen LogP contribution in [0.4, 0.5) is 0 Å². The van der Waals surface area contributed by atoms with Crippen molar-refractivity contribution in [3.8, 4) is 0 Å². The summed E-state index contributed by atoms with van der Waals surface area (Å²) >= 11 is 0. The molecule has 3 N–H and O–H groups in total. The van der Waals surface area contributed by atoms with Gasteiger partial charge in [-0.1, -0.05) is 12.1 Å². The van der Waals surface area contributed by atoms with E-state index < -0.39 is 0 Å². The molecule has 17 heavy (non-hydrogen) atoms. The Morgan fingerprint density at radius 1 is 1.65 bits per heavy atom. The predicted molar refractivity (Wildman–Crippen MR) is 65.9 cm³/mol. The zero-order valence-electron chi connectivity index (χ0n) is 10.0. The maximum atomic E-state index is 8.62. The van der Waals surface area contributed by atoms with Crippen molar-refractivity contribution in [1.82, 2.24) is 9.88 Å². The maximum absolute atomic E-state index is 8.62. The highest BCUT2D eigenvalue weighted by molar-refractivity contribution is 5.95. The number of oxime groups is 1. The van der Waals surface area contributed by atoms with Crippen LogP contribution in [0.15, 0.2) is 23.5 Å². The summed E-state index contributed by atoms with van der Waals surface area (Å²) in [7, 11) is 0. The molecule has 2 rings (SSSR count). The largest absolute Gasteiger partial charge is 0.409 e. The van der Waals surface area contributed by atoms with Gasteiger partial charge in [-0.3, -0.25) is 9.88 Å². The molecule has 92 valence electrons. The van der Waals surface area contributed by atoms with Crippen LogP contribution >= 0.6 is 0 Å². The van der Waals surface area contributed by atoms with Crippen molar-refractivity contribution in [2.24, 2.45) is 10.9 Å². The minimum absolute atomic E-state index is 0.0568.